The summed E-state index contributed by atoms with van der Waals surface area (Å²) in [4.78, 5) is 12.8. The van der Waals surface area contributed by atoms with E-state index in [1.807, 2.05) is 12.1 Å². The molecule has 1 heterocycles. The lowest BCUT2D eigenvalue weighted by atomic mass is 9.73. The molecule has 1 saturated heterocycles. The van der Waals surface area contributed by atoms with Crippen molar-refractivity contribution in [1.29, 1.82) is 0 Å². The van der Waals surface area contributed by atoms with Crippen LogP contribution in [0, 0.1) is 5.41 Å². The molecule has 1 atom stereocenters. The molecular weight excluding hydrogens is 274 g/mol. The van der Waals surface area contributed by atoms with Crippen molar-refractivity contribution in [2.24, 2.45) is 5.41 Å². The van der Waals surface area contributed by atoms with Gasteiger partial charge in [0.05, 0.1) is 7.11 Å². The third kappa shape index (κ3) is 3.15. The average Bonchev–Trinajstić information content (AvgIpc) is 2.48. The van der Waals surface area contributed by atoms with Crippen LogP contribution in [-0.2, 0) is 11.2 Å². The van der Waals surface area contributed by atoms with Crippen molar-refractivity contribution in [3.63, 3.8) is 0 Å². The van der Waals surface area contributed by atoms with E-state index in [9.17, 15) is 4.79 Å². The van der Waals surface area contributed by atoms with E-state index < -0.39 is 0 Å². The summed E-state index contributed by atoms with van der Waals surface area (Å²) in [6.45, 7) is 3.89. The Morgan fingerprint density at radius 2 is 2.30 bits per heavy atom. The highest BCUT2D eigenvalue weighted by Gasteiger charge is 2.37. The molecule has 0 bridgehead atoms. The molecule has 1 N–H and O–H groups in total. The largest absolute Gasteiger partial charge is 0.496 e. The average molecular weight is 296 g/mol. The van der Waals surface area contributed by atoms with Crippen LogP contribution in [0.3, 0.4) is 0 Å². The van der Waals surface area contributed by atoms with E-state index in [2.05, 4.69) is 12.2 Å². The molecule has 110 valence electrons. The van der Waals surface area contributed by atoms with E-state index >= 15 is 0 Å². The molecule has 1 aliphatic rings. The first kappa shape index (κ1) is 15.3. The molecule has 0 saturated carbocycles. The second-order valence-electron chi connectivity index (χ2n) is 5.47. The number of ketones is 1. The van der Waals surface area contributed by atoms with Gasteiger partial charge in [0, 0.05) is 29.0 Å². The van der Waals surface area contributed by atoms with E-state index in [0.717, 1.165) is 43.7 Å². The number of rotatable bonds is 5. The molecule has 0 radical (unpaired) electrons. The van der Waals surface area contributed by atoms with E-state index in [-0.39, 0.29) is 11.2 Å². The number of nitrogens with one attached hydrogen (secondary N) is 1. The number of carbonyl (C=O) groups is 1. The maximum Gasteiger partial charge on any atom is 0.144 e. The molecule has 0 spiro atoms. The van der Waals surface area contributed by atoms with Crippen molar-refractivity contribution in [1.82, 2.24) is 5.32 Å². The Balaban J connectivity index is 2.20. The zero-order chi connectivity index (χ0) is 14.6. The summed E-state index contributed by atoms with van der Waals surface area (Å²) in [6, 6.07) is 5.44. The number of carbonyl (C=O) groups excluding carboxylic acids is 1. The highest BCUT2D eigenvalue weighted by molar-refractivity contribution is 6.30. The molecule has 1 aliphatic heterocycles. The molecule has 2 rings (SSSR count). The first-order valence-electron chi connectivity index (χ1n) is 7.18. The molecule has 0 aliphatic carbocycles. The van der Waals surface area contributed by atoms with E-state index in [1.54, 1.807) is 13.2 Å². The smallest absolute Gasteiger partial charge is 0.144 e. The number of ether oxygens (including phenoxy) is 1. The van der Waals surface area contributed by atoms with E-state index in [1.165, 1.54) is 0 Å². The van der Waals surface area contributed by atoms with Crippen LogP contribution in [0.4, 0.5) is 0 Å². The first-order chi connectivity index (χ1) is 9.61. The fourth-order valence-electron chi connectivity index (χ4n) is 2.95. The van der Waals surface area contributed by atoms with Crippen molar-refractivity contribution in [3.05, 3.63) is 28.8 Å². The highest BCUT2D eigenvalue weighted by atomic mass is 35.5. The van der Waals surface area contributed by atoms with Gasteiger partial charge in [0.1, 0.15) is 11.5 Å². The van der Waals surface area contributed by atoms with Gasteiger partial charge >= 0.3 is 0 Å². The zero-order valence-corrected chi connectivity index (χ0v) is 12.9. The molecule has 0 amide bonds. The third-order valence-corrected chi connectivity index (χ3v) is 4.57. The summed E-state index contributed by atoms with van der Waals surface area (Å²) >= 11 is 6.03. The Kier molecular flexibility index (Phi) is 5.06. The molecule has 1 aromatic rings. The predicted octanol–water partition coefficient (Wildman–Crippen LogP) is 3.24. The van der Waals surface area contributed by atoms with Crippen molar-refractivity contribution < 1.29 is 9.53 Å². The van der Waals surface area contributed by atoms with Gasteiger partial charge in [-0.2, -0.15) is 0 Å². The Hall–Kier alpha value is -1.06. The van der Waals surface area contributed by atoms with Crippen LogP contribution in [0.5, 0.6) is 5.75 Å². The van der Waals surface area contributed by atoms with Crippen LogP contribution in [0.25, 0.3) is 0 Å². The van der Waals surface area contributed by atoms with Gasteiger partial charge in [-0.15, -0.1) is 0 Å². The fraction of sp³-hybridized carbons (Fsp3) is 0.562. The first-order valence-corrected chi connectivity index (χ1v) is 7.55. The van der Waals surface area contributed by atoms with Crippen molar-refractivity contribution in [2.45, 2.75) is 32.6 Å². The third-order valence-electron chi connectivity index (χ3n) is 4.33. The number of Topliss-reactive ketones (excluding diaryl/α,β-unsaturated/α-hetero) is 1. The van der Waals surface area contributed by atoms with Crippen molar-refractivity contribution in [2.75, 3.05) is 20.2 Å². The number of piperidine rings is 1. The standard InChI is InChI=1S/C16H22ClNO2/c1-3-16(7-4-8-18-11-16)15(19)10-12-9-13(17)5-6-14(12)20-2/h5-6,9,18H,3-4,7-8,10-11H2,1-2H3. The van der Waals surface area contributed by atoms with Gasteiger partial charge in [0.15, 0.2) is 0 Å². The number of methoxy groups -OCH3 is 1. The second-order valence-corrected chi connectivity index (χ2v) is 5.91. The summed E-state index contributed by atoms with van der Waals surface area (Å²) in [6.07, 6.45) is 3.30. The van der Waals surface area contributed by atoms with Gasteiger partial charge in [-0.05, 0) is 44.0 Å². The van der Waals surface area contributed by atoms with Crippen molar-refractivity contribution >= 4 is 17.4 Å². The number of halogens is 1. The monoisotopic (exact) mass is 295 g/mol. The molecule has 1 fully saturated rings. The minimum atomic E-state index is -0.231. The van der Waals surface area contributed by atoms with Gasteiger partial charge in [-0.3, -0.25) is 4.79 Å². The van der Waals surface area contributed by atoms with Crippen LogP contribution in [-0.4, -0.2) is 26.0 Å². The molecule has 1 aromatic carbocycles. The lowest BCUT2D eigenvalue weighted by molar-refractivity contribution is -0.129. The van der Waals surface area contributed by atoms with Crippen LogP contribution < -0.4 is 10.1 Å². The van der Waals surface area contributed by atoms with Gasteiger partial charge in [-0.25, -0.2) is 0 Å². The fourth-order valence-corrected chi connectivity index (χ4v) is 3.15. The molecule has 4 heteroatoms. The summed E-state index contributed by atoms with van der Waals surface area (Å²) in [5, 5.41) is 3.99. The van der Waals surface area contributed by atoms with Gasteiger partial charge < -0.3 is 10.1 Å². The van der Waals surface area contributed by atoms with Gasteiger partial charge in [-0.1, -0.05) is 18.5 Å². The number of benzene rings is 1. The lowest BCUT2D eigenvalue weighted by Gasteiger charge is -2.35. The Morgan fingerprint density at radius 3 is 2.90 bits per heavy atom. The normalized spacial score (nSPS) is 22.6. The minimum absolute atomic E-state index is 0.231. The van der Waals surface area contributed by atoms with Crippen LogP contribution in [0.2, 0.25) is 5.02 Å². The summed E-state index contributed by atoms with van der Waals surface area (Å²) in [5.41, 5.74) is 0.648. The molecule has 20 heavy (non-hydrogen) atoms. The zero-order valence-electron chi connectivity index (χ0n) is 12.2. The molecular formula is C16H22ClNO2. The van der Waals surface area contributed by atoms with Crippen LogP contribution in [0.1, 0.15) is 31.7 Å². The van der Waals surface area contributed by atoms with Crippen LogP contribution >= 0.6 is 11.6 Å². The Bertz CT molecular complexity index is 481. The Labute approximate surface area is 125 Å². The van der Waals surface area contributed by atoms with Gasteiger partial charge in [0.2, 0.25) is 0 Å². The maximum absolute atomic E-state index is 12.8. The number of hydrogen-bond acceptors (Lipinski definition) is 3. The maximum atomic E-state index is 12.8. The molecule has 0 aromatic heterocycles. The summed E-state index contributed by atoms with van der Waals surface area (Å²) < 4.78 is 5.33. The predicted molar refractivity (Wildman–Crippen MR) is 81.5 cm³/mol. The van der Waals surface area contributed by atoms with Gasteiger partial charge in [0.25, 0.3) is 0 Å². The van der Waals surface area contributed by atoms with E-state index in [0.29, 0.717) is 11.4 Å². The summed E-state index contributed by atoms with van der Waals surface area (Å²) in [7, 11) is 1.62. The Morgan fingerprint density at radius 1 is 1.50 bits per heavy atom. The quantitative estimate of drug-likeness (QED) is 0.906. The topological polar surface area (TPSA) is 38.3 Å². The van der Waals surface area contributed by atoms with Crippen molar-refractivity contribution in [3.8, 4) is 5.75 Å². The second kappa shape index (κ2) is 6.59. The van der Waals surface area contributed by atoms with E-state index in [4.69, 9.17) is 16.3 Å². The molecule has 1 unspecified atom stereocenters. The molecule has 3 nitrogen and oxygen atoms in total. The SMILES string of the molecule is CCC1(C(=O)Cc2cc(Cl)ccc2OC)CCCNC1. The minimum Gasteiger partial charge on any atom is -0.496 e. The van der Waals surface area contributed by atoms with Crippen LogP contribution in [0.15, 0.2) is 18.2 Å². The lowest BCUT2D eigenvalue weighted by Crippen LogP contribution is -2.45. The number of hydrogen-bond donors (Lipinski definition) is 1. The highest BCUT2D eigenvalue weighted by Crippen LogP contribution is 2.34. The summed E-state index contributed by atoms with van der Waals surface area (Å²) in [5.74, 6) is 1.02.